The molecule has 0 aliphatic carbocycles. The summed E-state index contributed by atoms with van der Waals surface area (Å²) in [7, 11) is 0. The number of thioether (sulfide) groups is 1. The van der Waals surface area contributed by atoms with Crippen LogP contribution in [0.2, 0.25) is 0 Å². The third kappa shape index (κ3) is 3.98. The topological polar surface area (TPSA) is 55.9 Å². The van der Waals surface area contributed by atoms with Crippen molar-refractivity contribution in [2.75, 3.05) is 42.5 Å². The fourth-order valence-electron chi connectivity index (χ4n) is 5.65. The van der Waals surface area contributed by atoms with Gasteiger partial charge >= 0.3 is 0 Å². The number of carbonyl (C=O) groups is 2. The van der Waals surface area contributed by atoms with Crippen molar-refractivity contribution in [3.63, 3.8) is 0 Å². The molecule has 1 N–H and O–H groups in total. The second-order valence-electron chi connectivity index (χ2n) is 10.1. The summed E-state index contributed by atoms with van der Waals surface area (Å²) in [6.45, 7) is 7.23. The van der Waals surface area contributed by atoms with Crippen molar-refractivity contribution in [3.8, 4) is 0 Å². The molecule has 2 aromatic carbocycles. The number of anilines is 2. The molecule has 2 fully saturated rings. The molecular formula is C27H24F2N4O2S2. The van der Waals surface area contributed by atoms with E-state index in [1.165, 1.54) is 18.2 Å². The molecule has 0 aromatic heterocycles. The maximum Gasteiger partial charge on any atom is 0.264 e. The van der Waals surface area contributed by atoms with E-state index < -0.39 is 17.3 Å². The third-order valence-corrected chi connectivity index (χ3v) is 8.47. The summed E-state index contributed by atoms with van der Waals surface area (Å²) in [6.07, 6.45) is 2.01. The van der Waals surface area contributed by atoms with Gasteiger partial charge in [-0.2, -0.15) is 0 Å². The van der Waals surface area contributed by atoms with Crippen molar-refractivity contribution >= 4 is 62.6 Å². The predicted molar refractivity (Wildman–Crippen MR) is 146 cm³/mol. The molecule has 0 unspecified atom stereocenters. The van der Waals surface area contributed by atoms with Crippen LogP contribution in [0.5, 0.6) is 0 Å². The molecule has 0 bridgehead atoms. The van der Waals surface area contributed by atoms with Crippen molar-refractivity contribution in [3.05, 3.63) is 70.1 Å². The average molecular weight is 539 g/mol. The van der Waals surface area contributed by atoms with Crippen LogP contribution in [0.4, 0.5) is 20.2 Å². The lowest BCUT2D eigenvalue weighted by Crippen LogP contribution is -2.49. The average Bonchev–Trinajstić information content (AvgIpc) is 3.32. The van der Waals surface area contributed by atoms with E-state index >= 15 is 0 Å². The quantitative estimate of drug-likeness (QED) is 0.468. The zero-order valence-corrected chi connectivity index (χ0v) is 21.9. The summed E-state index contributed by atoms with van der Waals surface area (Å²) in [5.41, 5.74) is 2.74. The Bertz CT molecular complexity index is 1440. The molecule has 6 rings (SSSR count). The number of nitrogens with zero attached hydrogens (tertiary/aromatic N) is 3. The highest BCUT2D eigenvalue weighted by Gasteiger charge is 2.48. The summed E-state index contributed by atoms with van der Waals surface area (Å²) in [5, 5.41) is 2.56. The van der Waals surface area contributed by atoms with E-state index in [1.54, 1.807) is 17.0 Å². The summed E-state index contributed by atoms with van der Waals surface area (Å²) in [4.78, 5) is 32.4. The Balaban J connectivity index is 1.33. The number of carbonyl (C=O) groups excluding carboxylic acids is 2. The zero-order valence-electron chi connectivity index (χ0n) is 20.3. The van der Waals surface area contributed by atoms with E-state index in [-0.39, 0.29) is 26.5 Å². The SMILES string of the molecule is CC1(C)C=C(CN2CCN(c3ccccc3F)CC2)c2cc(F)cc3c2N1C(=O)C3=C1SC(=S)NC1=O. The van der Waals surface area contributed by atoms with E-state index in [0.717, 1.165) is 30.4 Å². The first-order valence-electron chi connectivity index (χ1n) is 12.0. The van der Waals surface area contributed by atoms with Gasteiger partial charge in [-0.05, 0) is 43.7 Å². The maximum absolute atomic E-state index is 15.0. The van der Waals surface area contributed by atoms with Gasteiger partial charge in [0.2, 0.25) is 0 Å². The van der Waals surface area contributed by atoms with Gasteiger partial charge in [0.15, 0.2) is 0 Å². The minimum Gasteiger partial charge on any atom is -0.367 e. The highest BCUT2D eigenvalue weighted by Crippen LogP contribution is 2.51. The second kappa shape index (κ2) is 8.75. The summed E-state index contributed by atoms with van der Waals surface area (Å²) in [5.74, 6) is -1.46. The normalized spacial score (nSPS) is 22.9. The molecule has 2 aromatic rings. The zero-order chi connectivity index (χ0) is 26.1. The third-order valence-electron chi connectivity index (χ3n) is 7.24. The largest absolute Gasteiger partial charge is 0.367 e. The minimum atomic E-state index is -0.691. The summed E-state index contributed by atoms with van der Waals surface area (Å²) in [6, 6.07) is 9.59. The van der Waals surface area contributed by atoms with Crippen LogP contribution in [0.1, 0.15) is 25.0 Å². The van der Waals surface area contributed by atoms with E-state index in [2.05, 4.69) is 10.2 Å². The summed E-state index contributed by atoms with van der Waals surface area (Å²) < 4.78 is 29.5. The van der Waals surface area contributed by atoms with E-state index in [4.69, 9.17) is 12.2 Å². The molecule has 4 aliphatic rings. The molecule has 10 heteroatoms. The predicted octanol–water partition coefficient (Wildman–Crippen LogP) is 4.17. The molecule has 2 amide bonds. The molecule has 4 heterocycles. The molecular weight excluding hydrogens is 514 g/mol. The first kappa shape index (κ1) is 24.3. The van der Waals surface area contributed by atoms with Crippen LogP contribution in [-0.4, -0.2) is 59.3 Å². The van der Waals surface area contributed by atoms with Gasteiger partial charge in [-0.15, -0.1) is 0 Å². The van der Waals surface area contributed by atoms with Crippen molar-refractivity contribution in [2.24, 2.45) is 0 Å². The number of benzene rings is 2. The highest BCUT2D eigenvalue weighted by molar-refractivity contribution is 8.27. The number of hydrogen-bond acceptors (Lipinski definition) is 6. The van der Waals surface area contributed by atoms with Gasteiger partial charge in [-0.3, -0.25) is 19.4 Å². The van der Waals surface area contributed by atoms with Gasteiger partial charge in [-0.25, -0.2) is 8.78 Å². The number of nitrogens with one attached hydrogen (secondary N) is 1. The molecule has 2 saturated heterocycles. The van der Waals surface area contributed by atoms with Crippen molar-refractivity contribution in [1.29, 1.82) is 0 Å². The molecule has 6 nitrogen and oxygen atoms in total. The number of rotatable bonds is 3. The Morgan fingerprint density at radius 1 is 1.05 bits per heavy atom. The van der Waals surface area contributed by atoms with Crippen LogP contribution in [0.25, 0.3) is 11.1 Å². The minimum absolute atomic E-state index is 0.194. The van der Waals surface area contributed by atoms with Crippen LogP contribution in [0.15, 0.2) is 47.4 Å². The molecule has 0 spiro atoms. The van der Waals surface area contributed by atoms with Gasteiger partial charge in [-0.1, -0.05) is 42.2 Å². The van der Waals surface area contributed by atoms with Crippen molar-refractivity contribution in [2.45, 2.75) is 19.4 Å². The lowest BCUT2D eigenvalue weighted by atomic mass is 9.87. The number of thiocarbonyl (C=S) groups is 1. The molecule has 190 valence electrons. The number of hydrogen-bond donors (Lipinski definition) is 1. The van der Waals surface area contributed by atoms with Gasteiger partial charge in [0.05, 0.1) is 27.4 Å². The van der Waals surface area contributed by atoms with Gasteiger partial charge in [0.1, 0.15) is 16.0 Å². The number of halogens is 2. The lowest BCUT2D eigenvalue weighted by molar-refractivity contribution is -0.116. The van der Waals surface area contributed by atoms with Crippen LogP contribution >= 0.6 is 24.0 Å². The number of para-hydroxylation sites is 1. The Kier molecular flexibility index (Phi) is 5.74. The second-order valence-corrected chi connectivity index (χ2v) is 11.8. The molecule has 0 saturated carbocycles. The maximum atomic E-state index is 15.0. The Hall–Kier alpha value is -3.08. The van der Waals surface area contributed by atoms with E-state index in [0.29, 0.717) is 42.1 Å². The first-order valence-corrected chi connectivity index (χ1v) is 13.3. The standard InChI is InChI=1S/C27H24F2N4O2S2/c1-27(2)13-15(14-31-7-9-32(10-8-31)20-6-4-3-5-19(20)29)17-11-16(28)12-18-21(25(35)33(27)22(17)18)23-24(34)30-26(36)37-23/h3-6,11-13H,7-10,14H2,1-2H3,(H,30,34,36). The fraction of sp³-hybridized carbons (Fsp3) is 0.296. The van der Waals surface area contributed by atoms with Crippen molar-refractivity contribution < 1.29 is 18.4 Å². The molecule has 4 aliphatic heterocycles. The molecule has 0 atom stereocenters. The van der Waals surface area contributed by atoms with Crippen molar-refractivity contribution in [1.82, 2.24) is 10.2 Å². The summed E-state index contributed by atoms with van der Waals surface area (Å²) >= 11 is 6.16. The fourth-order valence-corrected chi connectivity index (χ4v) is 6.76. The van der Waals surface area contributed by atoms with E-state index in [1.807, 2.05) is 30.9 Å². The van der Waals surface area contributed by atoms with Crippen LogP contribution in [-0.2, 0) is 9.59 Å². The number of amides is 2. The molecule has 0 radical (unpaired) electrons. The lowest BCUT2D eigenvalue weighted by Gasteiger charge is -2.41. The highest BCUT2D eigenvalue weighted by atomic mass is 32.2. The monoisotopic (exact) mass is 538 g/mol. The first-order chi connectivity index (χ1) is 17.6. The van der Waals surface area contributed by atoms with Crippen LogP contribution in [0, 0.1) is 11.6 Å². The van der Waals surface area contributed by atoms with Gasteiger partial charge in [0, 0.05) is 43.9 Å². The Morgan fingerprint density at radius 3 is 2.43 bits per heavy atom. The van der Waals surface area contributed by atoms with Crippen LogP contribution in [0.3, 0.4) is 0 Å². The van der Waals surface area contributed by atoms with Crippen LogP contribution < -0.4 is 15.1 Å². The molecule has 37 heavy (non-hydrogen) atoms. The van der Waals surface area contributed by atoms with E-state index in [9.17, 15) is 18.4 Å². The smallest absolute Gasteiger partial charge is 0.264 e. The number of piperazine rings is 1. The Labute approximate surface area is 223 Å². The Morgan fingerprint density at radius 2 is 1.76 bits per heavy atom. The van der Waals surface area contributed by atoms with Gasteiger partial charge < -0.3 is 10.2 Å². The van der Waals surface area contributed by atoms with Gasteiger partial charge in [0.25, 0.3) is 11.8 Å².